The highest BCUT2D eigenvalue weighted by Crippen LogP contribution is 2.68. The highest BCUT2D eigenvalue weighted by Gasteiger charge is 2.67. The summed E-state index contributed by atoms with van der Waals surface area (Å²) in [4.78, 5) is 21.9. The van der Waals surface area contributed by atoms with Crippen molar-refractivity contribution >= 4 is 16.7 Å². The molecule has 0 radical (unpaired) electrons. The minimum absolute atomic E-state index is 0.0539. The van der Waals surface area contributed by atoms with Crippen LogP contribution >= 0.6 is 0 Å². The Labute approximate surface area is 152 Å². The summed E-state index contributed by atoms with van der Waals surface area (Å²) in [7, 11) is 1.83. The lowest BCUT2D eigenvalue weighted by Gasteiger charge is -2.05. The number of carbonyl (C=O) groups excluding carboxylic acids is 1. The molecule has 3 aromatic heterocycles. The smallest absolute Gasteiger partial charge is 0.143 e. The average molecular weight is 349 g/mol. The molecule has 0 spiro atoms. The summed E-state index contributed by atoms with van der Waals surface area (Å²) in [5.74, 6) is 0.350. The lowest BCUT2D eigenvalue weighted by molar-refractivity contribution is -0.120. The molecule has 0 aliphatic heterocycles. The van der Waals surface area contributed by atoms with Crippen LogP contribution in [0.1, 0.15) is 33.4 Å². The maximum Gasteiger partial charge on any atom is 0.143 e. The third-order valence-corrected chi connectivity index (χ3v) is 6.19. The maximum atomic E-state index is 12.8. The van der Waals surface area contributed by atoms with Gasteiger partial charge in [-0.25, -0.2) is 4.98 Å². The largest absolute Gasteiger partial charge is 0.299 e. The van der Waals surface area contributed by atoms with Gasteiger partial charge >= 0.3 is 0 Å². The van der Waals surface area contributed by atoms with E-state index in [4.69, 9.17) is 0 Å². The van der Waals surface area contributed by atoms with Crippen LogP contribution in [0.15, 0.2) is 30.6 Å². The Kier molecular flexibility index (Phi) is 3.51. The Morgan fingerprint density at radius 1 is 1.15 bits per heavy atom. The van der Waals surface area contributed by atoms with E-state index >= 15 is 0 Å². The van der Waals surface area contributed by atoms with E-state index < -0.39 is 0 Å². The van der Waals surface area contributed by atoms with Crippen molar-refractivity contribution in [3.05, 3.63) is 36.3 Å². The van der Waals surface area contributed by atoms with Crippen molar-refractivity contribution in [1.82, 2.24) is 25.0 Å². The van der Waals surface area contributed by atoms with Crippen LogP contribution < -0.4 is 0 Å². The number of ketones is 1. The first kappa shape index (κ1) is 16.8. The van der Waals surface area contributed by atoms with Gasteiger partial charge in [0.15, 0.2) is 0 Å². The van der Waals surface area contributed by atoms with Crippen LogP contribution in [0.5, 0.6) is 0 Å². The summed E-state index contributed by atoms with van der Waals surface area (Å²) in [6.45, 7) is 8.66. The fourth-order valence-corrected chi connectivity index (χ4v) is 4.04. The quantitative estimate of drug-likeness (QED) is 0.723. The van der Waals surface area contributed by atoms with Gasteiger partial charge in [0.2, 0.25) is 0 Å². The van der Waals surface area contributed by atoms with E-state index in [1.807, 2.05) is 31.4 Å². The van der Waals surface area contributed by atoms with Crippen LogP contribution in [-0.2, 0) is 18.3 Å². The number of aromatic nitrogens is 5. The molecule has 0 N–H and O–H groups in total. The Balaban J connectivity index is 1.62. The van der Waals surface area contributed by atoms with Gasteiger partial charge in [-0.2, -0.15) is 0 Å². The van der Waals surface area contributed by atoms with Crippen molar-refractivity contribution in [3.63, 3.8) is 0 Å². The first-order valence-corrected chi connectivity index (χ1v) is 8.85. The molecule has 1 aliphatic rings. The molecule has 3 aromatic rings. The van der Waals surface area contributed by atoms with Gasteiger partial charge in [-0.1, -0.05) is 32.9 Å². The number of pyridine rings is 2. The van der Waals surface area contributed by atoms with E-state index in [1.165, 1.54) is 0 Å². The van der Waals surface area contributed by atoms with Crippen molar-refractivity contribution < 1.29 is 4.79 Å². The van der Waals surface area contributed by atoms with Crippen molar-refractivity contribution in [3.8, 4) is 11.4 Å². The molecule has 0 unspecified atom stereocenters. The Morgan fingerprint density at radius 2 is 1.88 bits per heavy atom. The highest BCUT2D eigenvalue weighted by molar-refractivity contribution is 5.89. The Bertz CT molecular complexity index is 1000. The number of aryl methyl sites for hydroxylation is 1. The van der Waals surface area contributed by atoms with Gasteiger partial charge in [0, 0.05) is 36.7 Å². The molecule has 0 saturated heterocycles. The number of hydrogen-bond donors (Lipinski definition) is 0. The number of fused-ring (bicyclic) bond motifs is 1. The molecule has 0 amide bonds. The van der Waals surface area contributed by atoms with E-state index in [0.717, 1.165) is 28.0 Å². The Hall–Kier alpha value is -2.63. The fourth-order valence-electron chi connectivity index (χ4n) is 4.04. The van der Waals surface area contributed by atoms with E-state index in [9.17, 15) is 4.79 Å². The number of Topliss-reactive ketones (excluding diaryl/α,β-unsaturated/α-hetero) is 1. The molecule has 0 aromatic carbocycles. The van der Waals surface area contributed by atoms with Gasteiger partial charge in [-0.05, 0) is 29.0 Å². The van der Waals surface area contributed by atoms with Crippen LogP contribution in [0.4, 0.5) is 0 Å². The van der Waals surface area contributed by atoms with Gasteiger partial charge < -0.3 is 0 Å². The monoisotopic (exact) mass is 349 g/mol. The molecule has 0 atom stereocenters. The second-order valence-electron chi connectivity index (χ2n) is 8.36. The predicted octanol–water partition coefficient (Wildman–Crippen LogP) is 3.22. The zero-order valence-electron chi connectivity index (χ0n) is 15.8. The zero-order chi connectivity index (χ0) is 18.7. The number of rotatable bonds is 4. The standard InChI is InChI=1S/C20H23N5O/c1-19(2)18(20(19,3)4)17(26)9-13-8-15-12(10-21-13)6-7-14(22-15)16-11-25(5)24-23-16/h6-8,10-11,18H,9H2,1-5H3. The summed E-state index contributed by atoms with van der Waals surface area (Å²) >= 11 is 0. The van der Waals surface area contributed by atoms with Gasteiger partial charge in [0.1, 0.15) is 11.5 Å². The van der Waals surface area contributed by atoms with Gasteiger partial charge in [-0.3, -0.25) is 14.5 Å². The van der Waals surface area contributed by atoms with E-state index in [1.54, 1.807) is 10.9 Å². The summed E-state index contributed by atoms with van der Waals surface area (Å²) in [5, 5.41) is 9.01. The third-order valence-electron chi connectivity index (χ3n) is 6.19. The molecular weight excluding hydrogens is 326 g/mol. The summed E-state index contributed by atoms with van der Waals surface area (Å²) in [5.41, 5.74) is 3.19. The highest BCUT2D eigenvalue weighted by atomic mass is 16.1. The molecule has 1 saturated carbocycles. The molecule has 134 valence electrons. The predicted molar refractivity (Wildman–Crippen MR) is 99.3 cm³/mol. The summed E-state index contributed by atoms with van der Waals surface area (Å²) in [6, 6.07) is 5.79. The van der Waals surface area contributed by atoms with Crippen molar-refractivity contribution in [2.45, 2.75) is 34.1 Å². The molecule has 1 aliphatic carbocycles. The van der Waals surface area contributed by atoms with Crippen molar-refractivity contribution in [1.29, 1.82) is 0 Å². The molecule has 0 bridgehead atoms. The van der Waals surface area contributed by atoms with E-state index in [-0.39, 0.29) is 22.5 Å². The summed E-state index contributed by atoms with van der Waals surface area (Å²) in [6.07, 6.45) is 3.97. The molecule has 1 fully saturated rings. The molecule has 6 nitrogen and oxygen atoms in total. The number of nitrogens with zero attached hydrogens (tertiary/aromatic N) is 5. The molecule has 4 rings (SSSR count). The second-order valence-corrected chi connectivity index (χ2v) is 8.36. The van der Waals surface area contributed by atoms with Crippen LogP contribution in [0.2, 0.25) is 0 Å². The van der Waals surface area contributed by atoms with Gasteiger partial charge in [0.25, 0.3) is 0 Å². The van der Waals surface area contributed by atoms with Gasteiger partial charge in [-0.15, -0.1) is 5.10 Å². The van der Waals surface area contributed by atoms with Crippen LogP contribution in [0.3, 0.4) is 0 Å². The van der Waals surface area contributed by atoms with Crippen molar-refractivity contribution in [2.75, 3.05) is 0 Å². The fraction of sp³-hybridized carbons (Fsp3) is 0.450. The topological polar surface area (TPSA) is 73.6 Å². The minimum atomic E-state index is 0.0539. The second kappa shape index (κ2) is 5.43. The van der Waals surface area contributed by atoms with Gasteiger partial charge in [0.05, 0.1) is 17.4 Å². The van der Waals surface area contributed by atoms with Crippen LogP contribution in [0.25, 0.3) is 22.3 Å². The normalized spacial score (nSPS) is 18.2. The molecular formula is C20H23N5O. The lowest BCUT2D eigenvalue weighted by atomic mass is 10.0. The SMILES string of the molecule is Cn1cc(-c2ccc3cnc(CC(=O)C4C(C)(C)C4(C)C)cc3n2)nn1. The maximum absolute atomic E-state index is 12.8. The lowest BCUT2D eigenvalue weighted by Crippen LogP contribution is -2.11. The van der Waals surface area contributed by atoms with Crippen LogP contribution in [0, 0.1) is 16.7 Å². The molecule has 6 heteroatoms. The average Bonchev–Trinajstić information content (AvgIpc) is 2.87. The molecule has 26 heavy (non-hydrogen) atoms. The van der Waals surface area contributed by atoms with Crippen molar-refractivity contribution in [2.24, 2.45) is 23.8 Å². The third kappa shape index (κ3) is 2.52. The zero-order valence-corrected chi connectivity index (χ0v) is 15.8. The van der Waals surface area contributed by atoms with Crippen LogP contribution in [-0.4, -0.2) is 30.7 Å². The minimum Gasteiger partial charge on any atom is -0.299 e. The number of carbonyl (C=O) groups is 1. The number of hydrogen-bond acceptors (Lipinski definition) is 5. The first-order valence-electron chi connectivity index (χ1n) is 8.85. The summed E-state index contributed by atoms with van der Waals surface area (Å²) < 4.78 is 1.65. The van der Waals surface area contributed by atoms with E-state index in [0.29, 0.717) is 6.42 Å². The van der Waals surface area contributed by atoms with E-state index in [2.05, 4.69) is 48.0 Å². The first-order chi connectivity index (χ1) is 12.2. The Morgan fingerprint density at radius 3 is 2.50 bits per heavy atom. The molecule has 3 heterocycles.